The molecule has 4 aromatic heterocycles. The van der Waals surface area contributed by atoms with E-state index in [1.807, 2.05) is 49.4 Å². The molecule has 11 heteroatoms. The quantitative estimate of drug-likeness (QED) is 0.177. The van der Waals surface area contributed by atoms with Crippen LogP contribution in [0.2, 0.25) is 0 Å². The van der Waals surface area contributed by atoms with E-state index in [2.05, 4.69) is 26.8 Å². The summed E-state index contributed by atoms with van der Waals surface area (Å²) in [4.78, 5) is 38.4. The largest absolute Gasteiger partial charge is 0.508 e. The van der Waals surface area contributed by atoms with Crippen LogP contribution < -0.4 is 20.3 Å². The number of benzene rings is 2. The first-order chi connectivity index (χ1) is 22.8. The summed E-state index contributed by atoms with van der Waals surface area (Å²) in [6, 6.07) is 19.5. The maximum absolute atomic E-state index is 12.9. The minimum atomic E-state index is -0.570. The lowest BCUT2D eigenvalue weighted by atomic mass is 10.2. The third-order valence-electron chi connectivity index (χ3n) is 6.92. The Morgan fingerprint density at radius 2 is 1.79 bits per heavy atom. The second kappa shape index (κ2) is 14.5. The van der Waals surface area contributed by atoms with Crippen molar-refractivity contribution in [1.82, 2.24) is 24.3 Å². The van der Waals surface area contributed by atoms with E-state index in [4.69, 9.17) is 14.6 Å². The number of aryl methyl sites for hydroxylation is 1. The summed E-state index contributed by atoms with van der Waals surface area (Å²) in [6.07, 6.45) is 13.2. The van der Waals surface area contributed by atoms with Crippen LogP contribution in [0.4, 0.5) is 5.82 Å². The first kappa shape index (κ1) is 31.9. The van der Waals surface area contributed by atoms with Crippen molar-refractivity contribution < 1.29 is 19.4 Å². The standard InChI is InChI=1S/C27H25N5O4.C9H7NO/c1-5-7-8-18(6-2)32-27(34)22(17-31(32)3)26(33)30-25-12-10-20(16-29-25)36-24-13-14-28-23-15-19(35-4)9-11-21(23)24;11-8-4-3-7-2-1-5-10-9(7)6-8/h5-17H,2H2,1,3-4H3,(H,29,30,33);1-6,11H/b7-5-,18-8+;. The molecule has 0 atom stereocenters. The van der Waals surface area contributed by atoms with E-state index in [9.17, 15) is 9.59 Å². The molecule has 0 spiro atoms. The van der Waals surface area contributed by atoms with E-state index in [0.717, 1.165) is 21.8 Å². The summed E-state index contributed by atoms with van der Waals surface area (Å²) in [6.45, 7) is 5.62. The number of anilines is 1. The molecule has 4 heterocycles. The number of phenolic OH excluding ortho intramolecular Hbond substituents is 1. The lowest BCUT2D eigenvalue weighted by Gasteiger charge is -2.10. The lowest BCUT2D eigenvalue weighted by Crippen LogP contribution is -2.25. The molecule has 2 aromatic carbocycles. The van der Waals surface area contributed by atoms with Gasteiger partial charge in [-0.3, -0.25) is 24.2 Å². The second-order valence-electron chi connectivity index (χ2n) is 10.1. The smallest absolute Gasteiger partial charge is 0.284 e. The molecule has 0 aliphatic rings. The van der Waals surface area contributed by atoms with Gasteiger partial charge in [0.2, 0.25) is 0 Å². The maximum atomic E-state index is 12.9. The van der Waals surface area contributed by atoms with E-state index in [1.165, 1.54) is 21.8 Å². The molecule has 11 nitrogen and oxygen atoms in total. The summed E-state index contributed by atoms with van der Waals surface area (Å²) in [5.74, 6) is 1.75. The number of aromatic hydroxyl groups is 1. The van der Waals surface area contributed by atoms with Gasteiger partial charge in [0, 0.05) is 48.5 Å². The number of hydrogen-bond donors (Lipinski definition) is 2. The molecule has 2 N–H and O–H groups in total. The van der Waals surface area contributed by atoms with Crippen molar-refractivity contribution in [2.24, 2.45) is 7.05 Å². The molecule has 6 aromatic rings. The van der Waals surface area contributed by atoms with Crippen molar-refractivity contribution in [2.75, 3.05) is 12.4 Å². The summed E-state index contributed by atoms with van der Waals surface area (Å²) >= 11 is 0. The molecule has 0 saturated carbocycles. The molecule has 0 aliphatic carbocycles. The maximum Gasteiger partial charge on any atom is 0.284 e. The number of nitrogens with zero attached hydrogens (tertiary/aromatic N) is 5. The zero-order chi connectivity index (χ0) is 33.3. The van der Waals surface area contributed by atoms with Crippen LogP contribution in [0.1, 0.15) is 17.3 Å². The number of ether oxygens (including phenoxy) is 2. The highest BCUT2D eigenvalue weighted by Gasteiger charge is 2.18. The highest BCUT2D eigenvalue weighted by Crippen LogP contribution is 2.30. The Morgan fingerprint density at radius 3 is 2.53 bits per heavy atom. The molecule has 0 fully saturated rings. The fourth-order valence-corrected chi connectivity index (χ4v) is 4.63. The molecule has 47 heavy (non-hydrogen) atoms. The fraction of sp³-hybridized carbons (Fsp3) is 0.0833. The summed E-state index contributed by atoms with van der Waals surface area (Å²) in [5.41, 5.74) is 1.62. The highest BCUT2D eigenvalue weighted by molar-refractivity contribution is 6.03. The van der Waals surface area contributed by atoms with Gasteiger partial charge < -0.3 is 19.9 Å². The number of methoxy groups -OCH3 is 1. The third-order valence-corrected chi connectivity index (χ3v) is 6.92. The minimum Gasteiger partial charge on any atom is -0.508 e. The van der Waals surface area contributed by atoms with Gasteiger partial charge in [0.1, 0.15) is 34.4 Å². The second-order valence-corrected chi connectivity index (χ2v) is 10.1. The van der Waals surface area contributed by atoms with E-state index in [-0.39, 0.29) is 17.1 Å². The van der Waals surface area contributed by atoms with Crippen LogP contribution >= 0.6 is 0 Å². The van der Waals surface area contributed by atoms with Gasteiger partial charge >= 0.3 is 0 Å². The molecule has 0 unspecified atom stereocenters. The molecular weight excluding hydrogens is 596 g/mol. The Kier molecular flexibility index (Phi) is 9.87. The highest BCUT2D eigenvalue weighted by atomic mass is 16.5. The normalized spacial score (nSPS) is 11.3. The van der Waals surface area contributed by atoms with Crippen molar-refractivity contribution in [1.29, 1.82) is 0 Å². The van der Waals surface area contributed by atoms with Crippen LogP contribution in [0.25, 0.3) is 27.5 Å². The van der Waals surface area contributed by atoms with Gasteiger partial charge in [-0.25, -0.2) is 9.67 Å². The van der Waals surface area contributed by atoms with Crippen LogP contribution in [0.3, 0.4) is 0 Å². The number of amides is 1. The number of hydrogen-bond acceptors (Lipinski definition) is 8. The number of fused-ring (bicyclic) bond motifs is 2. The Bertz CT molecular complexity index is 2180. The van der Waals surface area contributed by atoms with E-state index >= 15 is 0 Å². The number of rotatable bonds is 8. The van der Waals surface area contributed by atoms with Crippen molar-refractivity contribution in [3.63, 3.8) is 0 Å². The van der Waals surface area contributed by atoms with Crippen LogP contribution in [-0.2, 0) is 7.05 Å². The van der Waals surface area contributed by atoms with Gasteiger partial charge in [-0.05, 0) is 67.6 Å². The Morgan fingerprint density at radius 1 is 0.979 bits per heavy atom. The number of nitrogens with one attached hydrogen (secondary N) is 1. The monoisotopic (exact) mass is 628 g/mol. The summed E-state index contributed by atoms with van der Waals surface area (Å²) in [7, 11) is 3.27. The van der Waals surface area contributed by atoms with Gasteiger partial charge in [0.05, 0.1) is 30.0 Å². The third kappa shape index (κ3) is 7.43. The molecular formula is C36H32N6O5. The predicted octanol–water partition coefficient (Wildman–Crippen LogP) is 6.73. The van der Waals surface area contributed by atoms with Crippen LogP contribution in [0.15, 0.2) is 127 Å². The SMILES string of the molecule is C=C/C(=C\C=C/C)n1c(=O)c(C(=O)Nc2ccc(Oc3ccnc4cc(OC)ccc34)cn2)cn1C.Oc1ccc2cccnc2c1. The van der Waals surface area contributed by atoms with Gasteiger partial charge in [-0.1, -0.05) is 24.8 Å². The number of carbonyl (C=O) groups is 1. The van der Waals surface area contributed by atoms with Crippen LogP contribution in [0.5, 0.6) is 23.0 Å². The molecule has 0 radical (unpaired) electrons. The first-order valence-electron chi connectivity index (χ1n) is 14.5. The summed E-state index contributed by atoms with van der Waals surface area (Å²) in [5, 5.41) is 13.6. The molecule has 0 saturated heterocycles. The first-order valence-corrected chi connectivity index (χ1v) is 14.5. The Labute approximate surface area is 270 Å². The number of allylic oxidation sites excluding steroid dienone is 5. The van der Waals surface area contributed by atoms with Gasteiger partial charge in [-0.15, -0.1) is 0 Å². The van der Waals surface area contributed by atoms with Gasteiger partial charge in [-0.2, -0.15) is 0 Å². The zero-order valence-corrected chi connectivity index (χ0v) is 26.0. The number of phenols is 1. The van der Waals surface area contributed by atoms with Gasteiger partial charge in [0.25, 0.3) is 11.5 Å². The molecule has 6 rings (SSSR count). The number of pyridine rings is 3. The molecule has 0 bridgehead atoms. The van der Waals surface area contributed by atoms with Crippen LogP contribution in [0, 0.1) is 0 Å². The zero-order valence-electron chi connectivity index (χ0n) is 26.0. The average molecular weight is 629 g/mol. The minimum absolute atomic E-state index is 0.0217. The Hall–Kier alpha value is -6.49. The van der Waals surface area contributed by atoms with E-state index < -0.39 is 11.5 Å². The summed E-state index contributed by atoms with van der Waals surface area (Å²) < 4.78 is 14.1. The fourth-order valence-electron chi connectivity index (χ4n) is 4.63. The topological polar surface area (TPSA) is 133 Å². The van der Waals surface area contributed by atoms with Crippen molar-refractivity contribution >= 4 is 39.2 Å². The average Bonchev–Trinajstić information content (AvgIpc) is 3.39. The number of aromatic nitrogens is 5. The van der Waals surface area contributed by atoms with E-state index in [1.54, 1.807) is 75.1 Å². The predicted molar refractivity (Wildman–Crippen MR) is 183 cm³/mol. The molecule has 1 amide bonds. The Balaban J connectivity index is 0.000000330. The lowest BCUT2D eigenvalue weighted by molar-refractivity contribution is 0.102. The van der Waals surface area contributed by atoms with Crippen LogP contribution in [-0.4, -0.2) is 42.4 Å². The van der Waals surface area contributed by atoms with E-state index in [0.29, 0.717) is 22.9 Å². The van der Waals surface area contributed by atoms with Crippen molar-refractivity contribution in [3.8, 4) is 23.0 Å². The molecule has 236 valence electrons. The number of carbonyl (C=O) groups excluding carboxylic acids is 1. The van der Waals surface area contributed by atoms with Crippen molar-refractivity contribution in [2.45, 2.75) is 6.92 Å². The van der Waals surface area contributed by atoms with Gasteiger partial charge in [0.15, 0.2) is 0 Å². The molecule has 0 aliphatic heterocycles. The van der Waals surface area contributed by atoms with Crippen molar-refractivity contribution in [3.05, 3.63) is 138 Å².